The van der Waals surface area contributed by atoms with Gasteiger partial charge < -0.3 is 10.3 Å². The molecule has 2 rings (SSSR count). The van der Waals surface area contributed by atoms with Crippen molar-refractivity contribution in [1.29, 1.82) is 0 Å². The number of benzene rings is 1. The lowest BCUT2D eigenvalue weighted by atomic mass is 10.1. The first-order chi connectivity index (χ1) is 7.38. The van der Waals surface area contributed by atoms with Crippen molar-refractivity contribution in [2.75, 3.05) is 6.54 Å². The fraction of sp³-hybridized carbons (Fsp3) is 0.250. The molecule has 0 aliphatic rings. The van der Waals surface area contributed by atoms with Gasteiger partial charge in [0.2, 0.25) is 0 Å². The molecule has 0 saturated heterocycles. The highest BCUT2D eigenvalue weighted by atomic mass is 15.0. The van der Waals surface area contributed by atoms with Crippen LogP contribution in [0.5, 0.6) is 0 Å². The number of nitrogens with zero attached hydrogens (tertiary/aromatic N) is 2. The highest BCUT2D eigenvalue weighted by molar-refractivity contribution is 5.20. The second kappa shape index (κ2) is 4.75. The summed E-state index contributed by atoms with van der Waals surface area (Å²) in [4.78, 5) is 4.34. The van der Waals surface area contributed by atoms with E-state index < -0.39 is 0 Å². The van der Waals surface area contributed by atoms with Crippen molar-refractivity contribution in [1.82, 2.24) is 9.55 Å². The third kappa shape index (κ3) is 2.67. The smallest absolute Gasteiger partial charge is 0.0949 e. The normalized spacial score (nSPS) is 10.5. The Labute approximate surface area is 89.6 Å². The highest BCUT2D eigenvalue weighted by Crippen LogP contribution is 2.06. The molecular weight excluding hydrogens is 186 g/mol. The van der Waals surface area contributed by atoms with Gasteiger partial charge in [-0.3, -0.25) is 0 Å². The topological polar surface area (TPSA) is 43.8 Å². The molecule has 0 spiro atoms. The third-order valence-corrected chi connectivity index (χ3v) is 2.30. The minimum atomic E-state index is 0.654. The second-order valence-electron chi connectivity index (χ2n) is 3.55. The van der Waals surface area contributed by atoms with Crippen LogP contribution in [0.4, 0.5) is 0 Å². The first kappa shape index (κ1) is 9.93. The Bertz CT molecular complexity index is 406. The SMILES string of the molecule is NCCn1cnc(Cc2ccccc2)c1. The van der Waals surface area contributed by atoms with Crippen LogP contribution in [-0.2, 0) is 13.0 Å². The summed E-state index contributed by atoms with van der Waals surface area (Å²) in [6.45, 7) is 1.49. The monoisotopic (exact) mass is 201 g/mol. The summed E-state index contributed by atoms with van der Waals surface area (Å²) in [7, 11) is 0. The number of nitrogens with two attached hydrogens (primary N) is 1. The van der Waals surface area contributed by atoms with Crippen LogP contribution in [-0.4, -0.2) is 16.1 Å². The Morgan fingerprint density at radius 3 is 2.73 bits per heavy atom. The van der Waals surface area contributed by atoms with Gasteiger partial charge in [0.05, 0.1) is 12.0 Å². The molecule has 3 heteroatoms. The minimum absolute atomic E-state index is 0.654. The maximum atomic E-state index is 5.47. The van der Waals surface area contributed by atoms with E-state index in [4.69, 9.17) is 5.73 Å². The van der Waals surface area contributed by atoms with Crippen molar-refractivity contribution in [2.45, 2.75) is 13.0 Å². The maximum absolute atomic E-state index is 5.47. The molecule has 0 atom stereocenters. The Balaban J connectivity index is 2.05. The Morgan fingerprint density at radius 1 is 1.20 bits per heavy atom. The molecule has 0 aliphatic carbocycles. The summed E-state index contributed by atoms with van der Waals surface area (Å²) in [5.41, 5.74) is 7.85. The molecule has 15 heavy (non-hydrogen) atoms. The van der Waals surface area contributed by atoms with Crippen LogP contribution in [0.15, 0.2) is 42.9 Å². The molecule has 0 aliphatic heterocycles. The van der Waals surface area contributed by atoms with Crippen molar-refractivity contribution in [3.8, 4) is 0 Å². The molecule has 0 fully saturated rings. The molecule has 0 amide bonds. The van der Waals surface area contributed by atoms with Crippen LogP contribution >= 0.6 is 0 Å². The summed E-state index contributed by atoms with van der Waals surface area (Å²) in [6, 6.07) is 10.3. The van der Waals surface area contributed by atoms with Gasteiger partial charge in [-0.2, -0.15) is 0 Å². The molecule has 0 saturated carbocycles. The highest BCUT2D eigenvalue weighted by Gasteiger charge is 1.99. The van der Waals surface area contributed by atoms with Gasteiger partial charge in [0.1, 0.15) is 0 Å². The van der Waals surface area contributed by atoms with Gasteiger partial charge in [-0.05, 0) is 5.56 Å². The fourth-order valence-electron chi connectivity index (χ4n) is 1.57. The van der Waals surface area contributed by atoms with Gasteiger partial charge in [0, 0.05) is 25.7 Å². The number of hydrogen-bond acceptors (Lipinski definition) is 2. The van der Waals surface area contributed by atoms with Crippen LogP contribution in [0.1, 0.15) is 11.3 Å². The standard InChI is InChI=1S/C12H15N3/c13-6-7-15-9-12(14-10-15)8-11-4-2-1-3-5-11/h1-5,9-10H,6-8,13H2. The predicted octanol–water partition coefficient (Wildman–Crippen LogP) is 1.43. The lowest BCUT2D eigenvalue weighted by molar-refractivity contribution is 0.707. The van der Waals surface area contributed by atoms with E-state index in [9.17, 15) is 0 Å². The van der Waals surface area contributed by atoms with Gasteiger partial charge in [0.25, 0.3) is 0 Å². The summed E-state index contributed by atoms with van der Waals surface area (Å²) < 4.78 is 2.03. The first-order valence-corrected chi connectivity index (χ1v) is 5.13. The van der Waals surface area contributed by atoms with Crippen molar-refractivity contribution in [3.63, 3.8) is 0 Å². The number of hydrogen-bond donors (Lipinski definition) is 1. The van der Waals surface area contributed by atoms with E-state index >= 15 is 0 Å². The van der Waals surface area contributed by atoms with E-state index in [1.165, 1.54) is 5.56 Å². The van der Waals surface area contributed by atoms with Crippen molar-refractivity contribution in [3.05, 3.63) is 54.1 Å². The largest absolute Gasteiger partial charge is 0.336 e. The van der Waals surface area contributed by atoms with Crippen LogP contribution in [0.3, 0.4) is 0 Å². The second-order valence-corrected chi connectivity index (χ2v) is 3.55. The van der Waals surface area contributed by atoms with E-state index in [0.29, 0.717) is 6.54 Å². The molecular formula is C12H15N3. The molecule has 0 bridgehead atoms. The zero-order chi connectivity index (χ0) is 10.5. The summed E-state index contributed by atoms with van der Waals surface area (Å²) in [6.07, 6.45) is 4.78. The number of imidazole rings is 1. The molecule has 0 unspecified atom stereocenters. The van der Waals surface area contributed by atoms with Crippen LogP contribution < -0.4 is 5.73 Å². The van der Waals surface area contributed by atoms with Gasteiger partial charge in [0.15, 0.2) is 0 Å². The van der Waals surface area contributed by atoms with Crippen molar-refractivity contribution in [2.24, 2.45) is 5.73 Å². The average Bonchev–Trinajstić information content (AvgIpc) is 2.68. The zero-order valence-electron chi connectivity index (χ0n) is 8.63. The van der Waals surface area contributed by atoms with Gasteiger partial charge in [-0.25, -0.2) is 4.98 Å². The number of aromatic nitrogens is 2. The van der Waals surface area contributed by atoms with Crippen LogP contribution in [0.25, 0.3) is 0 Å². The summed E-state index contributed by atoms with van der Waals surface area (Å²) in [5, 5.41) is 0. The van der Waals surface area contributed by atoms with E-state index in [2.05, 4.69) is 23.3 Å². The molecule has 78 valence electrons. The van der Waals surface area contributed by atoms with Gasteiger partial charge in [-0.1, -0.05) is 30.3 Å². The summed E-state index contributed by atoms with van der Waals surface area (Å²) >= 11 is 0. The molecule has 2 N–H and O–H groups in total. The Kier molecular flexibility index (Phi) is 3.15. The molecule has 2 aromatic rings. The van der Waals surface area contributed by atoms with Gasteiger partial charge in [-0.15, -0.1) is 0 Å². The summed E-state index contributed by atoms with van der Waals surface area (Å²) in [5.74, 6) is 0. The van der Waals surface area contributed by atoms with E-state index in [-0.39, 0.29) is 0 Å². The number of rotatable bonds is 4. The third-order valence-electron chi connectivity index (χ3n) is 2.30. The average molecular weight is 201 g/mol. The van der Waals surface area contributed by atoms with E-state index in [1.807, 2.05) is 29.1 Å². The van der Waals surface area contributed by atoms with Crippen molar-refractivity contribution < 1.29 is 0 Å². The molecule has 1 aromatic heterocycles. The van der Waals surface area contributed by atoms with E-state index in [1.54, 1.807) is 0 Å². The van der Waals surface area contributed by atoms with Crippen molar-refractivity contribution >= 4 is 0 Å². The first-order valence-electron chi connectivity index (χ1n) is 5.13. The lowest BCUT2D eigenvalue weighted by Crippen LogP contribution is -2.07. The molecule has 1 heterocycles. The quantitative estimate of drug-likeness (QED) is 0.813. The van der Waals surface area contributed by atoms with Crippen LogP contribution in [0.2, 0.25) is 0 Å². The lowest BCUT2D eigenvalue weighted by Gasteiger charge is -1.97. The molecule has 3 nitrogen and oxygen atoms in total. The Hall–Kier alpha value is -1.61. The maximum Gasteiger partial charge on any atom is 0.0949 e. The molecule has 0 radical (unpaired) electrons. The minimum Gasteiger partial charge on any atom is -0.336 e. The fourth-order valence-corrected chi connectivity index (χ4v) is 1.57. The van der Waals surface area contributed by atoms with E-state index in [0.717, 1.165) is 18.7 Å². The molecule has 1 aromatic carbocycles. The van der Waals surface area contributed by atoms with Crippen LogP contribution in [0, 0.1) is 0 Å². The Morgan fingerprint density at radius 2 is 2.00 bits per heavy atom. The predicted molar refractivity (Wildman–Crippen MR) is 60.5 cm³/mol. The zero-order valence-corrected chi connectivity index (χ0v) is 8.63. The van der Waals surface area contributed by atoms with Gasteiger partial charge >= 0.3 is 0 Å².